The van der Waals surface area contributed by atoms with Crippen molar-refractivity contribution in [3.63, 3.8) is 0 Å². The number of pyridine rings is 1. The Labute approximate surface area is 153 Å². The summed E-state index contributed by atoms with van der Waals surface area (Å²) in [6.07, 6.45) is 13.2. The second-order valence-corrected chi connectivity index (χ2v) is 7.57. The monoisotopic (exact) mass is 352 g/mol. The Morgan fingerprint density at radius 1 is 1.15 bits per heavy atom. The molecule has 0 radical (unpaired) electrons. The molecule has 6 heteroatoms. The van der Waals surface area contributed by atoms with Crippen LogP contribution in [-0.2, 0) is 4.74 Å². The van der Waals surface area contributed by atoms with E-state index in [1.165, 1.54) is 42.2 Å². The highest BCUT2D eigenvalue weighted by molar-refractivity contribution is 6.14. The molecule has 2 aliphatic heterocycles. The molecule has 2 aromatic heterocycles. The lowest BCUT2D eigenvalue weighted by Crippen LogP contribution is -2.69. The molecule has 136 valence electrons. The fraction of sp³-hybridized carbons (Fsp3) is 0.500. The average Bonchev–Trinajstić information content (AvgIpc) is 3.38. The fourth-order valence-electron chi connectivity index (χ4n) is 4.65. The van der Waals surface area contributed by atoms with Crippen LogP contribution < -0.4 is 5.43 Å². The average molecular weight is 352 g/mol. The fourth-order valence-corrected chi connectivity index (χ4v) is 4.65. The lowest BCUT2D eigenvalue weighted by molar-refractivity contribution is -0.589. The van der Waals surface area contributed by atoms with Crippen molar-refractivity contribution >= 4 is 22.8 Å². The van der Waals surface area contributed by atoms with Gasteiger partial charge in [-0.2, -0.15) is 5.43 Å². The van der Waals surface area contributed by atoms with Gasteiger partial charge in [0.1, 0.15) is 11.8 Å². The predicted octanol–water partition coefficient (Wildman–Crippen LogP) is 1.82. The summed E-state index contributed by atoms with van der Waals surface area (Å²) in [6, 6.07) is 3.09. The Morgan fingerprint density at radius 3 is 2.77 bits per heavy atom. The van der Waals surface area contributed by atoms with Crippen LogP contribution >= 0.6 is 0 Å². The number of nitrogens with zero attached hydrogens (tertiary/aromatic N) is 3. The third-order valence-electron chi connectivity index (χ3n) is 6.15. The Bertz CT molecular complexity index is 841. The van der Waals surface area contributed by atoms with Gasteiger partial charge in [-0.1, -0.05) is 5.10 Å². The number of fused-ring (bicyclic) bond motifs is 1. The minimum absolute atomic E-state index is 0.629. The van der Waals surface area contributed by atoms with Crippen molar-refractivity contribution in [2.24, 2.45) is 5.10 Å². The van der Waals surface area contributed by atoms with Crippen molar-refractivity contribution in [1.82, 2.24) is 14.9 Å². The van der Waals surface area contributed by atoms with Crippen molar-refractivity contribution in [3.8, 4) is 0 Å². The predicted molar refractivity (Wildman–Crippen MR) is 102 cm³/mol. The first-order valence-corrected chi connectivity index (χ1v) is 9.74. The quantitative estimate of drug-likeness (QED) is 0.828. The van der Waals surface area contributed by atoms with E-state index in [4.69, 9.17) is 9.72 Å². The zero-order chi connectivity index (χ0) is 17.3. The number of hydrogen-bond acceptors (Lipinski definition) is 4. The second kappa shape index (κ2) is 6.95. The van der Waals surface area contributed by atoms with Crippen LogP contribution in [0.2, 0.25) is 0 Å². The smallest absolute Gasteiger partial charge is 0.137 e. The number of rotatable bonds is 3. The van der Waals surface area contributed by atoms with Crippen LogP contribution in [0.5, 0.6) is 0 Å². The summed E-state index contributed by atoms with van der Waals surface area (Å²) in [7, 11) is 0. The Kier molecular flexibility index (Phi) is 4.32. The Balaban J connectivity index is 1.33. The minimum Gasteiger partial charge on any atom is -0.379 e. The van der Waals surface area contributed by atoms with Crippen molar-refractivity contribution in [1.29, 1.82) is 0 Å². The van der Waals surface area contributed by atoms with E-state index >= 15 is 0 Å². The van der Waals surface area contributed by atoms with Crippen LogP contribution in [0.15, 0.2) is 29.8 Å². The molecule has 0 atom stereocenters. The molecule has 6 nitrogen and oxygen atoms in total. The first kappa shape index (κ1) is 16.2. The maximum Gasteiger partial charge on any atom is 0.137 e. The lowest BCUT2D eigenvalue weighted by Gasteiger charge is -2.38. The number of morpholine rings is 1. The molecule has 1 aliphatic carbocycles. The van der Waals surface area contributed by atoms with Crippen molar-refractivity contribution in [3.05, 3.63) is 35.8 Å². The van der Waals surface area contributed by atoms with E-state index in [1.807, 2.05) is 17.8 Å². The third kappa shape index (κ3) is 2.98. The van der Waals surface area contributed by atoms with Gasteiger partial charge >= 0.3 is 0 Å². The molecule has 0 amide bonds. The van der Waals surface area contributed by atoms with Gasteiger partial charge in [0.15, 0.2) is 0 Å². The van der Waals surface area contributed by atoms with Crippen molar-refractivity contribution < 1.29 is 10.2 Å². The number of nitrogens with two attached hydrogens (primary N) is 1. The summed E-state index contributed by atoms with van der Waals surface area (Å²) in [4.78, 5) is 10.6. The van der Waals surface area contributed by atoms with Crippen LogP contribution in [0.25, 0.3) is 16.6 Å². The standard InChI is InChI=1S/C20H25N5O/c1-3-17(25-5-7-26-8-6-25)4-2-14(1)15-9-18-19(16-11-23-24-12-16)13-22-20(18)21-10-15/h9-14,17H,1-8H2,(H,21,22)(H,23,24)/p+1. The van der Waals surface area contributed by atoms with E-state index in [-0.39, 0.29) is 0 Å². The number of allylic oxidation sites excluding steroid dienone is 1. The molecule has 0 unspecified atom stereocenters. The van der Waals surface area contributed by atoms with Gasteiger partial charge in [0.2, 0.25) is 0 Å². The number of aromatic amines is 1. The molecule has 26 heavy (non-hydrogen) atoms. The van der Waals surface area contributed by atoms with Gasteiger partial charge in [0, 0.05) is 42.5 Å². The lowest BCUT2D eigenvalue weighted by atomic mass is 9.81. The number of quaternary nitrogens is 1. The van der Waals surface area contributed by atoms with Crippen LogP contribution in [0, 0.1) is 0 Å². The van der Waals surface area contributed by atoms with Crippen LogP contribution in [0.1, 0.15) is 42.7 Å². The number of nitrogens with one attached hydrogen (secondary N) is 1. The van der Waals surface area contributed by atoms with E-state index in [0.717, 1.165) is 43.6 Å². The summed E-state index contributed by atoms with van der Waals surface area (Å²) in [6.45, 7) is 3.99. The SMILES string of the molecule is C1=N[NH2+]C=C1c1c[nH]c2ncc(C3CCC(N4CCOCC4)CC3)cc12. The van der Waals surface area contributed by atoms with E-state index in [9.17, 15) is 0 Å². The van der Waals surface area contributed by atoms with Gasteiger partial charge in [0.05, 0.1) is 25.0 Å². The third-order valence-corrected chi connectivity index (χ3v) is 6.15. The highest BCUT2D eigenvalue weighted by Gasteiger charge is 2.28. The molecule has 4 heterocycles. The Morgan fingerprint density at radius 2 is 2.00 bits per heavy atom. The van der Waals surface area contributed by atoms with Gasteiger partial charge in [0.25, 0.3) is 0 Å². The van der Waals surface area contributed by atoms with E-state index < -0.39 is 0 Å². The van der Waals surface area contributed by atoms with Gasteiger partial charge in [-0.15, -0.1) is 0 Å². The highest BCUT2D eigenvalue weighted by atomic mass is 16.5. The second-order valence-electron chi connectivity index (χ2n) is 7.57. The largest absolute Gasteiger partial charge is 0.379 e. The van der Waals surface area contributed by atoms with Gasteiger partial charge in [-0.05, 0) is 43.2 Å². The van der Waals surface area contributed by atoms with E-state index in [2.05, 4.69) is 33.4 Å². The molecule has 3 N–H and O–H groups in total. The maximum atomic E-state index is 5.50. The highest BCUT2D eigenvalue weighted by Crippen LogP contribution is 2.36. The summed E-state index contributed by atoms with van der Waals surface area (Å²) in [5, 5.41) is 5.42. The van der Waals surface area contributed by atoms with Gasteiger partial charge in [-0.25, -0.2) is 4.98 Å². The molecule has 0 aromatic carbocycles. The summed E-state index contributed by atoms with van der Waals surface area (Å²) >= 11 is 0. The molecule has 0 bridgehead atoms. The molecular weight excluding hydrogens is 326 g/mol. The first-order valence-electron chi connectivity index (χ1n) is 9.74. The minimum atomic E-state index is 0.629. The summed E-state index contributed by atoms with van der Waals surface area (Å²) < 4.78 is 5.50. The molecule has 3 aliphatic rings. The first-order chi connectivity index (χ1) is 12.9. The zero-order valence-corrected chi connectivity index (χ0v) is 15.0. The van der Waals surface area contributed by atoms with Gasteiger partial charge < -0.3 is 9.72 Å². The summed E-state index contributed by atoms with van der Waals surface area (Å²) in [5.74, 6) is 0.629. The van der Waals surface area contributed by atoms with Gasteiger partial charge in [-0.3, -0.25) is 4.90 Å². The van der Waals surface area contributed by atoms with Crippen LogP contribution in [0.3, 0.4) is 0 Å². The number of hydrogen-bond donors (Lipinski definition) is 2. The maximum absolute atomic E-state index is 5.50. The molecule has 2 fully saturated rings. The number of aromatic nitrogens is 2. The van der Waals surface area contributed by atoms with Crippen molar-refractivity contribution in [2.45, 2.75) is 37.6 Å². The number of ether oxygens (including phenoxy) is 1. The molecule has 2 aromatic rings. The molecule has 5 rings (SSSR count). The normalized spacial score (nSPS) is 27.2. The molecule has 0 spiro atoms. The number of H-pyrrole nitrogens is 1. The zero-order valence-electron chi connectivity index (χ0n) is 15.0. The molecule has 1 saturated carbocycles. The van der Waals surface area contributed by atoms with Crippen LogP contribution in [0.4, 0.5) is 0 Å². The van der Waals surface area contributed by atoms with Crippen LogP contribution in [-0.4, -0.2) is 53.4 Å². The topological polar surface area (TPSA) is 70.1 Å². The molecular formula is C20H26N5O+. The van der Waals surface area contributed by atoms with Crippen molar-refractivity contribution in [2.75, 3.05) is 26.3 Å². The van der Waals surface area contributed by atoms with E-state index in [0.29, 0.717) is 5.92 Å². The summed E-state index contributed by atoms with van der Waals surface area (Å²) in [5.41, 5.74) is 6.56. The Hall–Kier alpha value is -2.02. The van der Waals surface area contributed by atoms with E-state index in [1.54, 1.807) is 0 Å². The molecule has 1 saturated heterocycles.